The van der Waals surface area contributed by atoms with Gasteiger partial charge in [-0.05, 0) is 68.4 Å². The van der Waals surface area contributed by atoms with Crippen LogP contribution < -0.4 is 15.4 Å². The quantitative estimate of drug-likeness (QED) is 0.556. The molecule has 2 aromatic rings. The maximum Gasteiger partial charge on any atom is 0.326 e. The van der Waals surface area contributed by atoms with Crippen molar-refractivity contribution in [1.82, 2.24) is 5.32 Å². The van der Waals surface area contributed by atoms with Gasteiger partial charge in [0.15, 0.2) is 0 Å². The van der Waals surface area contributed by atoms with Crippen molar-refractivity contribution < 1.29 is 23.9 Å². The summed E-state index contributed by atoms with van der Waals surface area (Å²) in [5.74, 6) is 1.36. The number of hydrogen-bond acceptors (Lipinski definition) is 5. The molecule has 0 aromatic heterocycles. The highest BCUT2D eigenvalue weighted by atomic mass is 16.5. The predicted octanol–water partition coefficient (Wildman–Crippen LogP) is 4.25. The Balaban J connectivity index is 1.23. The first-order chi connectivity index (χ1) is 16.9. The van der Waals surface area contributed by atoms with E-state index in [4.69, 9.17) is 9.47 Å². The highest BCUT2D eigenvalue weighted by Gasteiger charge is 2.54. The molecule has 35 heavy (non-hydrogen) atoms. The van der Waals surface area contributed by atoms with Gasteiger partial charge in [0.05, 0.1) is 7.11 Å². The summed E-state index contributed by atoms with van der Waals surface area (Å²) in [4.78, 5) is 39.1. The summed E-state index contributed by atoms with van der Waals surface area (Å²) in [5.41, 5.74) is 0.743. The van der Waals surface area contributed by atoms with E-state index in [-0.39, 0.29) is 17.9 Å². The molecule has 0 spiro atoms. The van der Waals surface area contributed by atoms with E-state index in [1.807, 2.05) is 6.07 Å². The second-order valence-electron chi connectivity index (χ2n) is 10.4. The fourth-order valence-electron chi connectivity index (χ4n) is 6.71. The van der Waals surface area contributed by atoms with Crippen molar-refractivity contribution in [3.8, 4) is 5.75 Å². The van der Waals surface area contributed by atoms with Crippen LogP contribution in [0.4, 0.5) is 5.69 Å². The van der Waals surface area contributed by atoms with Crippen LogP contribution in [0.3, 0.4) is 0 Å². The normalized spacial score (nSPS) is 27.1. The van der Waals surface area contributed by atoms with Crippen molar-refractivity contribution in [2.24, 2.45) is 23.2 Å². The lowest BCUT2D eigenvalue weighted by Crippen LogP contribution is -2.54. The Labute approximate surface area is 205 Å². The number of hydrogen-bond donors (Lipinski definition) is 2. The van der Waals surface area contributed by atoms with E-state index in [1.54, 1.807) is 55.6 Å². The first kappa shape index (κ1) is 23.4. The van der Waals surface area contributed by atoms with Gasteiger partial charge in [0, 0.05) is 22.7 Å². The largest absolute Gasteiger partial charge is 0.497 e. The number of amides is 2. The van der Waals surface area contributed by atoms with Crippen molar-refractivity contribution in [3.63, 3.8) is 0 Å². The molecule has 0 radical (unpaired) electrons. The fourth-order valence-corrected chi connectivity index (χ4v) is 6.71. The van der Waals surface area contributed by atoms with Crippen molar-refractivity contribution in [1.29, 1.82) is 0 Å². The second-order valence-corrected chi connectivity index (χ2v) is 10.4. The monoisotopic (exact) mass is 476 g/mol. The van der Waals surface area contributed by atoms with Gasteiger partial charge in [-0.15, -0.1) is 0 Å². The lowest BCUT2D eigenvalue weighted by Gasteiger charge is -2.55. The highest BCUT2D eigenvalue weighted by molar-refractivity contribution is 5.96. The zero-order valence-electron chi connectivity index (χ0n) is 20.0. The van der Waals surface area contributed by atoms with Crippen LogP contribution in [0.5, 0.6) is 5.75 Å². The average molecular weight is 477 g/mol. The van der Waals surface area contributed by atoms with Crippen molar-refractivity contribution in [2.75, 3.05) is 19.0 Å². The van der Waals surface area contributed by atoms with Crippen LogP contribution in [0.2, 0.25) is 0 Å². The SMILES string of the molecule is COc1cccc(NC(=O)C(OC(=O)CNC(=O)C23CC4CC(CC(C4)C2)C3)c2ccccc2)c1. The highest BCUT2D eigenvalue weighted by Crippen LogP contribution is 2.60. The van der Waals surface area contributed by atoms with Gasteiger partial charge < -0.3 is 20.1 Å². The number of nitrogens with one attached hydrogen (secondary N) is 2. The summed E-state index contributed by atoms with van der Waals surface area (Å²) in [6, 6.07) is 15.8. The predicted molar refractivity (Wildman–Crippen MR) is 131 cm³/mol. The molecule has 184 valence electrons. The standard InChI is InChI=1S/C28H32N2O5/c1-34-23-9-5-8-22(13-23)30-26(32)25(21-6-3-2-4-7-21)35-24(31)17-29-27(33)28-14-18-10-19(15-28)12-20(11-18)16-28/h2-9,13,18-20,25H,10-12,14-17H2,1H3,(H,29,33)(H,30,32). The maximum absolute atomic E-state index is 13.2. The smallest absolute Gasteiger partial charge is 0.326 e. The molecule has 4 aliphatic carbocycles. The third kappa shape index (κ3) is 5.04. The Hall–Kier alpha value is -3.35. The third-order valence-electron chi connectivity index (χ3n) is 7.84. The Bertz CT molecular complexity index is 1060. The number of methoxy groups -OCH3 is 1. The fraction of sp³-hybridized carbons (Fsp3) is 0.464. The summed E-state index contributed by atoms with van der Waals surface area (Å²) >= 11 is 0. The summed E-state index contributed by atoms with van der Waals surface area (Å²) < 4.78 is 10.8. The molecule has 4 aliphatic rings. The minimum absolute atomic E-state index is 0.0364. The molecule has 2 N–H and O–H groups in total. The zero-order valence-corrected chi connectivity index (χ0v) is 20.0. The first-order valence-corrected chi connectivity index (χ1v) is 12.4. The van der Waals surface area contributed by atoms with E-state index in [1.165, 1.54) is 19.3 Å². The zero-order chi connectivity index (χ0) is 24.4. The molecule has 4 bridgehead atoms. The molecule has 1 unspecified atom stereocenters. The number of carbonyl (C=O) groups excluding carboxylic acids is 3. The van der Waals surface area contributed by atoms with Gasteiger partial charge in [-0.25, -0.2) is 0 Å². The van der Waals surface area contributed by atoms with Gasteiger partial charge in [0.2, 0.25) is 12.0 Å². The van der Waals surface area contributed by atoms with Gasteiger partial charge in [-0.1, -0.05) is 36.4 Å². The molecular weight excluding hydrogens is 444 g/mol. The second kappa shape index (κ2) is 9.72. The lowest BCUT2D eigenvalue weighted by atomic mass is 9.49. The molecule has 0 heterocycles. The van der Waals surface area contributed by atoms with Crippen LogP contribution in [0.1, 0.15) is 50.2 Å². The molecule has 0 saturated heterocycles. The number of benzene rings is 2. The summed E-state index contributed by atoms with van der Waals surface area (Å²) in [7, 11) is 1.55. The molecular formula is C28H32N2O5. The topological polar surface area (TPSA) is 93.7 Å². The molecule has 2 amide bonds. The van der Waals surface area contributed by atoms with Crippen molar-refractivity contribution in [2.45, 2.75) is 44.6 Å². The van der Waals surface area contributed by atoms with E-state index in [0.717, 1.165) is 19.3 Å². The number of carbonyl (C=O) groups is 3. The summed E-state index contributed by atoms with van der Waals surface area (Å²) in [5, 5.41) is 5.63. The van der Waals surface area contributed by atoms with E-state index < -0.39 is 18.0 Å². The van der Waals surface area contributed by atoms with Gasteiger partial charge in [0.25, 0.3) is 5.91 Å². The van der Waals surface area contributed by atoms with Gasteiger partial charge in [0.1, 0.15) is 12.3 Å². The molecule has 7 heteroatoms. The van der Waals surface area contributed by atoms with Gasteiger partial charge in [-0.3, -0.25) is 14.4 Å². The number of rotatable bonds is 8. The third-order valence-corrected chi connectivity index (χ3v) is 7.84. The molecule has 4 fully saturated rings. The Kier molecular flexibility index (Phi) is 6.50. The van der Waals surface area contributed by atoms with Crippen molar-refractivity contribution >= 4 is 23.5 Å². The molecule has 2 aromatic carbocycles. The number of esters is 1. The Morgan fingerprint density at radius 3 is 2.23 bits per heavy atom. The Morgan fingerprint density at radius 2 is 1.60 bits per heavy atom. The molecule has 4 saturated carbocycles. The minimum atomic E-state index is -1.15. The Morgan fingerprint density at radius 1 is 0.943 bits per heavy atom. The number of ether oxygens (including phenoxy) is 2. The van der Waals surface area contributed by atoms with Crippen LogP contribution in [-0.4, -0.2) is 31.4 Å². The van der Waals surface area contributed by atoms with Crippen LogP contribution in [0.15, 0.2) is 54.6 Å². The van der Waals surface area contributed by atoms with E-state index in [2.05, 4.69) is 10.6 Å². The van der Waals surface area contributed by atoms with E-state index in [9.17, 15) is 14.4 Å². The molecule has 1 atom stereocenters. The van der Waals surface area contributed by atoms with Gasteiger partial charge >= 0.3 is 5.97 Å². The van der Waals surface area contributed by atoms with Crippen LogP contribution in [0.25, 0.3) is 0 Å². The minimum Gasteiger partial charge on any atom is -0.497 e. The average Bonchev–Trinajstić information content (AvgIpc) is 2.85. The maximum atomic E-state index is 13.2. The van der Waals surface area contributed by atoms with E-state index in [0.29, 0.717) is 34.8 Å². The lowest BCUT2D eigenvalue weighted by molar-refractivity contribution is -0.156. The van der Waals surface area contributed by atoms with Crippen LogP contribution in [0, 0.1) is 23.2 Å². The van der Waals surface area contributed by atoms with Crippen LogP contribution >= 0.6 is 0 Å². The number of anilines is 1. The summed E-state index contributed by atoms with van der Waals surface area (Å²) in [6.45, 7) is -0.254. The molecule has 0 aliphatic heterocycles. The van der Waals surface area contributed by atoms with E-state index >= 15 is 0 Å². The molecule has 6 rings (SSSR count). The summed E-state index contributed by atoms with van der Waals surface area (Å²) in [6.07, 6.45) is 5.37. The van der Waals surface area contributed by atoms with Crippen LogP contribution in [-0.2, 0) is 19.1 Å². The first-order valence-electron chi connectivity index (χ1n) is 12.4. The van der Waals surface area contributed by atoms with Crippen molar-refractivity contribution in [3.05, 3.63) is 60.2 Å². The van der Waals surface area contributed by atoms with Gasteiger partial charge in [-0.2, -0.15) is 0 Å². The molecule has 7 nitrogen and oxygen atoms in total.